The molecular weight excluding hydrogens is 536 g/mol. The molecule has 0 radical (unpaired) electrons. The lowest BCUT2D eigenvalue weighted by molar-refractivity contribution is -0.247. The van der Waals surface area contributed by atoms with Crippen molar-refractivity contribution in [3.63, 3.8) is 0 Å². The third kappa shape index (κ3) is 4.33. The van der Waals surface area contributed by atoms with Crippen LogP contribution in [-0.4, -0.2) is 75.2 Å². The number of hydrogen-bond acceptors (Lipinski definition) is 11. The molecule has 2 aromatic rings. The Bertz CT molecular complexity index is 1370. The van der Waals surface area contributed by atoms with Gasteiger partial charge < -0.3 is 46.1 Å². The van der Waals surface area contributed by atoms with Gasteiger partial charge in [0.25, 0.3) is 0 Å². The highest BCUT2D eigenvalue weighted by atomic mass is 35.5. The van der Waals surface area contributed by atoms with Gasteiger partial charge in [-0.05, 0) is 13.0 Å². The standard InChI is InChI=1S/C26H28N2O10.ClH/c1-9-20(29)12(27)6-15(37-9)38-14-8-26(35,25(28)34)7-11-17(14)24(33)19-18(22(11)31)21(30)10-4-3-5-13(36-2)16(10)23(19)32;/h3-5,9,12,14-15,20,29,31,33,35H,6-8,27H2,1-2H3,(H2,28,34);1H/t9-,12-,14-,15-,20+,26-;/m0./s1. The van der Waals surface area contributed by atoms with Crippen LogP contribution in [0.5, 0.6) is 17.2 Å². The number of ketones is 2. The van der Waals surface area contributed by atoms with E-state index in [1.54, 1.807) is 6.92 Å². The van der Waals surface area contributed by atoms with Gasteiger partial charge in [0.15, 0.2) is 12.1 Å². The van der Waals surface area contributed by atoms with Crippen LogP contribution in [0.25, 0.3) is 0 Å². The second-order valence-electron chi connectivity index (χ2n) is 9.94. The summed E-state index contributed by atoms with van der Waals surface area (Å²) in [6, 6.07) is 3.67. The van der Waals surface area contributed by atoms with Crippen LogP contribution in [0.2, 0.25) is 0 Å². The number of aromatic hydroxyl groups is 2. The van der Waals surface area contributed by atoms with Crippen LogP contribution in [-0.2, 0) is 20.7 Å². The summed E-state index contributed by atoms with van der Waals surface area (Å²) in [7, 11) is 1.33. The van der Waals surface area contributed by atoms with E-state index >= 15 is 0 Å². The Labute approximate surface area is 228 Å². The number of benzene rings is 2. The van der Waals surface area contributed by atoms with E-state index in [-0.39, 0.29) is 46.8 Å². The first-order valence-electron chi connectivity index (χ1n) is 12.0. The van der Waals surface area contributed by atoms with Gasteiger partial charge in [-0.25, -0.2) is 0 Å². The van der Waals surface area contributed by atoms with Gasteiger partial charge in [-0.3, -0.25) is 14.4 Å². The molecule has 2 aromatic carbocycles. The maximum Gasteiger partial charge on any atom is 0.249 e. The molecule has 0 saturated carbocycles. The maximum atomic E-state index is 13.6. The number of amides is 1. The molecule has 8 N–H and O–H groups in total. The predicted octanol–water partition coefficient (Wildman–Crippen LogP) is 0.347. The van der Waals surface area contributed by atoms with Gasteiger partial charge in [-0.1, -0.05) is 12.1 Å². The number of fused-ring (bicyclic) bond motifs is 3. The minimum absolute atomic E-state index is 0. The van der Waals surface area contributed by atoms with Crippen molar-refractivity contribution < 1.29 is 49.0 Å². The molecule has 5 rings (SSSR count). The van der Waals surface area contributed by atoms with E-state index in [1.165, 1.54) is 25.3 Å². The highest BCUT2D eigenvalue weighted by molar-refractivity contribution is 6.31. The SMILES string of the molecule is COc1cccc2c1C(=O)c1c(O)c3c(c(O)c1C2=O)C[C@@](O)(C(N)=O)C[C@@H]3O[C@H]1C[C@H](N)[C@H](O)[C@H](C)O1.Cl. The average molecular weight is 565 g/mol. The molecule has 12 nitrogen and oxygen atoms in total. The first-order chi connectivity index (χ1) is 17.9. The summed E-state index contributed by atoms with van der Waals surface area (Å²) >= 11 is 0. The highest BCUT2D eigenvalue weighted by Gasteiger charge is 2.50. The van der Waals surface area contributed by atoms with Crippen molar-refractivity contribution in [2.24, 2.45) is 11.5 Å². The summed E-state index contributed by atoms with van der Waals surface area (Å²) < 4.78 is 17.0. The largest absolute Gasteiger partial charge is 0.507 e. The molecule has 0 bridgehead atoms. The minimum Gasteiger partial charge on any atom is -0.507 e. The number of rotatable bonds is 4. The van der Waals surface area contributed by atoms with Crippen molar-refractivity contribution in [1.82, 2.24) is 0 Å². The van der Waals surface area contributed by atoms with Gasteiger partial charge in [0.05, 0.1) is 42.1 Å². The van der Waals surface area contributed by atoms with Crippen LogP contribution >= 0.6 is 12.4 Å². The molecule has 2 aliphatic carbocycles. The Morgan fingerprint density at radius 2 is 1.79 bits per heavy atom. The summed E-state index contributed by atoms with van der Waals surface area (Å²) in [5.74, 6) is -3.85. The smallest absolute Gasteiger partial charge is 0.249 e. The summed E-state index contributed by atoms with van der Waals surface area (Å²) in [5.41, 5.74) is 7.96. The zero-order valence-electron chi connectivity index (χ0n) is 21.0. The third-order valence-electron chi connectivity index (χ3n) is 7.60. The van der Waals surface area contributed by atoms with Crippen LogP contribution in [0.15, 0.2) is 18.2 Å². The van der Waals surface area contributed by atoms with Gasteiger partial charge in [-0.2, -0.15) is 0 Å². The molecule has 1 fully saturated rings. The Kier molecular flexibility index (Phi) is 7.40. The lowest BCUT2D eigenvalue weighted by Crippen LogP contribution is -2.53. The number of phenols is 2. The number of halogens is 1. The van der Waals surface area contributed by atoms with Crippen molar-refractivity contribution in [2.75, 3.05) is 7.11 Å². The average Bonchev–Trinajstić information content (AvgIpc) is 2.87. The molecule has 13 heteroatoms. The number of aliphatic hydroxyl groups is 2. The van der Waals surface area contributed by atoms with E-state index in [4.69, 9.17) is 25.7 Å². The maximum absolute atomic E-state index is 13.6. The van der Waals surface area contributed by atoms with Crippen molar-refractivity contribution in [3.8, 4) is 17.2 Å². The van der Waals surface area contributed by atoms with Crippen LogP contribution in [0.1, 0.15) is 68.8 Å². The number of primary amides is 1. The predicted molar refractivity (Wildman–Crippen MR) is 136 cm³/mol. The Morgan fingerprint density at radius 1 is 1.13 bits per heavy atom. The molecule has 1 saturated heterocycles. The van der Waals surface area contributed by atoms with Gasteiger partial charge in [0.2, 0.25) is 11.7 Å². The van der Waals surface area contributed by atoms with Gasteiger partial charge >= 0.3 is 0 Å². The van der Waals surface area contributed by atoms with Crippen molar-refractivity contribution in [1.29, 1.82) is 0 Å². The van der Waals surface area contributed by atoms with Gasteiger partial charge in [-0.15, -0.1) is 12.4 Å². The van der Waals surface area contributed by atoms with E-state index < -0.39 is 89.2 Å². The summed E-state index contributed by atoms with van der Waals surface area (Å²) in [5, 5.41) is 43.9. The second kappa shape index (κ2) is 10.0. The fourth-order valence-corrected chi connectivity index (χ4v) is 5.58. The normalized spacial score (nSPS) is 29.5. The highest BCUT2D eigenvalue weighted by Crippen LogP contribution is 2.52. The molecule has 39 heavy (non-hydrogen) atoms. The Hall–Kier alpha value is -3.26. The fourth-order valence-electron chi connectivity index (χ4n) is 5.58. The van der Waals surface area contributed by atoms with Crippen molar-refractivity contribution >= 4 is 29.9 Å². The van der Waals surface area contributed by atoms with E-state index in [0.717, 1.165) is 0 Å². The number of carbonyl (C=O) groups excluding carboxylic acids is 3. The molecule has 1 aliphatic heterocycles. The number of aliphatic hydroxyl groups excluding tert-OH is 1. The number of ether oxygens (including phenoxy) is 3. The van der Waals surface area contributed by atoms with E-state index in [9.17, 15) is 34.8 Å². The molecule has 210 valence electrons. The molecular formula is C26H29ClN2O10. The van der Waals surface area contributed by atoms with Crippen LogP contribution in [0.3, 0.4) is 0 Å². The fraction of sp³-hybridized carbons (Fsp3) is 0.423. The molecule has 6 atom stereocenters. The summed E-state index contributed by atoms with van der Waals surface area (Å²) in [6.07, 6.45) is -4.98. The zero-order chi connectivity index (χ0) is 27.7. The second-order valence-corrected chi connectivity index (χ2v) is 9.94. The van der Waals surface area contributed by atoms with E-state index in [0.29, 0.717) is 0 Å². The Morgan fingerprint density at radius 3 is 2.41 bits per heavy atom. The molecule has 0 unspecified atom stereocenters. The van der Waals surface area contributed by atoms with E-state index in [2.05, 4.69) is 0 Å². The molecule has 1 heterocycles. The molecule has 3 aliphatic rings. The third-order valence-corrected chi connectivity index (χ3v) is 7.60. The zero-order valence-corrected chi connectivity index (χ0v) is 21.9. The quantitative estimate of drug-likeness (QED) is 0.238. The molecule has 0 spiro atoms. The number of carbonyl (C=O) groups is 3. The lowest BCUT2D eigenvalue weighted by Gasteiger charge is -2.41. The van der Waals surface area contributed by atoms with Crippen molar-refractivity contribution in [2.45, 2.75) is 62.4 Å². The van der Waals surface area contributed by atoms with E-state index in [1.807, 2.05) is 0 Å². The number of nitrogens with two attached hydrogens (primary N) is 2. The van der Waals surface area contributed by atoms with Crippen LogP contribution in [0.4, 0.5) is 0 Å². The number of methoxy groups -OCH3 is 1. The molecule has 0 aromatic heterocycles. The number of hydrogen-bond donors (Lipinski definition) is 6. The van der Waals surface area contributed by atoms with Gasteiger partial charge in [0.1, 0.15) is 22.8 Å². The topological polar surface area (TPSA) is 212 Å². The first-order valence-corrected chi connectivity index (χ1v) is 12.0. The number of phenolic OH excluding ortho intramolecular Hbond substituents is 2. The molecule has 1 amide bonds. The monoisotopic (exact) mass is 564 g/mol. The van der Waals surface area contributed by atoms with Crippen molar-refractivity contribution in [3.05, 3.63) is 51.6 Å². The Balaban J connectivity index is 0.00000353. The van der Waals surface area contributed by atoms with Crippen LogP contribution < -0.4 is 16.2 Å². The lowest BCUT2D eigenvalue weighted by atomic mass is 9.72. The summed E-state index contributed by atoms with van der Waals surface area (Å²) in [4.78, 5) is 39.3. The first kappa shape index (κ1) is 28.7. The van der Waals surface area contributed by atoms with Gasteiger partial charge in [0, 0.05) is 42.0 Å². The minimum atomic E-state index is -2.22. The van der Waals surface area contributed by atoms with Crippen LogP contribution in [0, 0.1) is 0 Å². The summed E-state index contributed by atoms with van der Waals surface area (Å²) in [6.45, 7) is 1.59.